The first-order valence-corrected chi connectivity index (χ1v) is 7.67. The van der Waals surface area contributed by atoms with Crippen molar-refractivity contribution in [2.24, 2.45) is 5.92 Å². The molecule has 0 unspecified atom stereocenters. The van der Waals surface area contributed by atoms with Crippen LogP contribution in [-0.4, -0.2) is 35.3 Å². The van der Waals surface area contributed by atoms with Crippen LogP contribution in [0.4, 0.5) is 4.39 Å². The van der Waals surface area contributed by atoms with Crippen LogP contribution < -0.4 is 5.32 Å². The lowest BCUT2D eigenvalue weighted by Gasteiger charge is -2.15. The Balaban J connectivity index is 2.02. The summed E-state index contributed by atoms with van der Waals surface area (Å²) in [4.78, 5) is 24.0. The number of halogens is 1. The van der Waals surface area contributed by atoms with E-state index in [1.807, 2.05) is 6.92 Å². The van der Waals surface area contributed by atoms with Gasteiger partial charge >= 0.3 is 5.97 Å². The Morgan fingerprint density at radius 3 is 2.75 bits per heavy atom. The molecule has 128 valence electrons. The van der Waals surface area contributed by atoms with Gasteiger partial charge in [-0.3, -0.25) is 14.3 Å². The van der Waals surface area contributed by atoms with Crippen LogP contribution in [0.15, 0.2) is 36.7 Å². The molecule has 0 aliphatic rings. The number of methoxy groups -OCH3 is 1. The Morgan fingerprint density at radius 1 is 1.38 bits per heavy atom. The molecule has 1 atom stereocenters. The summed E-state index contributed by atoms with van der Waals surface area (Å²) in [5, 5.41) is 6.70. The molecule has 2 rings (SSSR count). The van der Waals surface area contributed by atoms with Gasteiger partial charge < -0.3 is 10.1 Å². The topological polar surface area (TPSA) is 73.2 Å². The third-order valence-electron chi connectivity index (χ3n) is 3.69. The Bertz CT molecular complexity index is 715. The fourth-order valence-electron chi connectivity index (χ4n) is 2.31. The molecular weight excluding hydrogens is 313 g/mol. The summed E-state index contributed by atoms with van der Waals surface area (Å²) in [6.45, 7) is 2.62. The molecule has 1 amide bonds. The molecule has 0 saturated carbocycles. The zero-order chi connectivity index (χ0) is 17.5. The van der Waals surface area contributed by atoms with Crippen molar-refractivity contribution < 1.29 is 18.7 Å². The normalized spacial score (nSPS) is 11.8. The molecule has 0 fully saturated rings. The first kappa shape index (κ1) is 17.7. The zero-order valence-electron chi connectivity index (χ0n) is 13.7. The largest absolute Gasteiger partial charge is 0.469 e. The number of aryl methyl sites for hydroxylation is 1. The maximum absolute atomic E-state index is 13.8. The lowest BCUT2D eigenvalue weighted by Crippen LogP contribution is -2.34. The number of nitrogens with zero attached hydrogens (tertiary/aromatic N) is 2. The smallest absolute Gasteiger partial charge is 0.310 e. The van der Waals surface area contributed by atoms with Crippen molar-refractivity contribution in [3.8, 4) is 0 Å². The predicted octanol–water partition coefficient (Wildman–Crippen LogP) is 1.80. The van der Waals surface area contributed by atoms with Crippen LogP contribution in [-0.2, 0) is 22.5 Å². The molecular formula is C17H20FN3O3. The zero-order valence-corrected chi connectivity index (χ0v) is 13.7. The molecule has 6 nitrogen and oxygen atoms in total. The van der Waals surface area contributed by atoms with E-state index in [1.54, 1.807) is 29.1 Å². The van der Waals surface area contributed by atoms with Gasteiger partial charge in [0.05, 0.1) is 24.8 Å². The Morgan fingerprint density at radius 2 is 2.12 bits per heavy atom. The molecule has 7 heteroatoms. The first-order chi connectivity index (χ1) is 11.5. The molecule has 0 saturated heterocycles. The van der Waals surface area contributed by atoms with Gasteiger partial charge in [-0.2, -0.15) is 5.10 Å². The standard InChI is InChI=1S/C17H20FN3O3/c1-3-21-11-14(10-20-21)16(22)19-9-13(17(23)24-2)8-12-6-4-5-7-15(12)18/h4-7,10-11,13H,3,8-9H2,1-2H3,(H,19,22)/t13-/m1/s1. The quantitative estimate of drug-likeness (QED) is 0.784. The van der Waals surface area contributed by atoms with Gasteiger partial charge in [0.15, 0.2) is 0 Å². The Hall–Kier alpha value is -2.70. The summed E-state index contributed by atoms with van der Waals surface area (Å²) in [5.74, 6) is -1.89. The van der Waals surface area contributed by atoms with Gasteiger partial charge in [0, 0.05) is 19.3 Å². The van der Waals surface area contributed by atoms with E-state index in [0.29, 0.717) is 17.7 Å². The minimum Gasteiger partial charge on any atom is -0.469 e. The maximum atomic E-state index is 13.8. The van der Waals surface area contributed by atoms with E-state index in [9.17, 15) is 14.0 Å². The van der Waals surface area contributed by atoms with Gasteiger partial charge in [0.25, 0.3) is 5.91 Å². The average molecular weight is 333 g/mol. The van der Waals surface area contributed by atoms with Crippen LogP contribution in [0, 0.1) is 11.7 Å². The molecule has 0 aliphatic heterocycles. The number of hydrogen-bond acceptors (Lipinski definition) is 4. The van der Waals surface area contributed by atoms with Gasteiger partial charge in [0.1, 0.15) is 5.82 Å². The van der Waals surface area contributed by atoms with E-state index in [-0.39, 0.29) is 24.7 Å². The van der Waals surface area contributed by atoms with Crippen LogP contribution in [0.1, 0.15) is 22.8 Å². The minimum atomic E-state index is -0.669. The lowest BCUT2D eigenvalue weighted by atomic mass is 9.98. The van der Waals surface area contributed by atoms with Crippen molar-refractivity contribution >= 4 is 11.9 Å². The average Bonchev–Trinajstić information content (AvgIpc) is 3.08. The van der Waals surface area contributed by atoms with Gasteiger partial charge in [-0.15, -0.1) is 0 Å². The summed E-state index contributed by atoms with van der Waals surface area (Å²) in [7, 11) is 1.27. The van der Waals surface area contributed by atoms with Crippen LogP contribution in [0.25, 0.3) is 0 Å². The van der Waals surface area contributed by atoms with Gasteiger partial charge in [-0.25, -0.2) is 4.39 Å². The number of carbonyl (C=O) groups excluding carboxylic acids is 2. The van der Waals surface area contributed by atoms with Crippen molar-refractivity contribution in [3.05, 3.63) is 53.6 Å². The van der Waals surface area contributed by atoms with Crippen LogP contribution in [0.5, 0.6) is 0 Å². The second-order valence-corrected chi connectivity index (χ2v) is 5.31. The molecule has 0 radical (unpaired) electrons. The van der Waals surface area contributed by atoms with E-state index in [4.69, 9.17) is 4.74 Å². The van der Waals surface area contributed by atoms with Crippen LogP contribution in [0.2, 0.25) is 0 Å². The monoisotopic (exact) mass is 333 g/mol. The number of hydrogen-bond donors (Lipinski definition) is 1. The summed E-state index contributed by atoms with van der Waals surface area (Å²) in [6.07, 6.45) is 3.23. The third kappa shape index (κ3) is 4.41. The van der Waals surface area contributed by atoms with Crippen LogP contribution in [0.3, 0.4) is 0 Å². The highest BCUT2D eigenvalue weighted by Gasteiger charge is 2.22. The fourth-order valence-corrected chi connectivity index (χ4v) is 2.31. The number of aromatic nitrogens is 2. The summed E-state index contributed by atoms with van der Waals surface area (Å²) >= 11 is 0. The van der Waals surface area contributed by atoms with Crippen molar-refractivity contribution in [1.29, 1.82) is 0 Å². The van der Waals surface area contributed by atoms with Crippen molar-refractivity contribution in [2.45, 2.75) is 19.9 Å². The number of ether oxygens (including phenoxy) is 1. The summed E-state index contributed by atoms with van der Waals surface area (Å²) in [6, 6.07) is 6.23. The molecule has 1 heterocycles. The highest BCUT2D eigenvalue weighted by Crippen LogP contribution is 2.14. The molecule has 2 aromatic rings. The maximum Gasteiger partial charge on any atom is 0.310 e. The first-order valence-electron chi connectivity index (χ1n) is 7.67. The van der Waals surface area contributed by atoms with Crippen molar-refractivity contribution in [1.82, 2.24) is 15.1 Å². The Labute approximate surface area is 139 Å². The third-order valence-corrected chi connectivity index (χ3v) is 3.69. The van der Waals surface area contributed by atoms with E-state index in [1.165, 1.54) is 19.4 Å². The number of carbonyl (C=O) groups is 2. The second kappa shape index (κ2) is 8.24. The number of nitrogens with one attached hydrogen (secondary N) is 1. The number of amides is 1. The summed E-state index contributed by atoms with van der Waals surface area (Å²) < 4.78 is 20.2. The molecule has 1 N–H and O–H groups in total. The van der Waals surface area contributed by atoms with Gasteiger partial charge in [-0.05, 0) is 25.0 Å². The summed E-state index contributed by atoms with van der Waals surface area (Å²) in [5.41, 5.74) is 0.812. The Kier molecular flexibility index (Phi) is 6.06. The second-order valence-electron chi connectivity index (χ2n) is 5.31. The van der Waals surface area contributed by atoms with E-state index >= 15 is 0 Å². The molecule has 0 bridgehead atoms. The molecule has 0 spiro atoms. The molecule has 24 heavy (non-hydrogen) atoms. The fraction of sp³-hybridized carbons (Fsp3) is 0.353. The van der Waals surface area contributed by atoms with E-state index in [0.717, 1.165) is 0 Å². The van der Waals surface area contributed by atoms with Crippen molar-refractivity contribution in [3.63, 3.8) is 0 Å². The number of benzene rings is 1. The molecule has 1 aromatic heterocycles. The van der Waals surface area contributed by atoms with E-state index in [2.05, 4.69) is 10.4 Å². The minimum absolute atomic E-state index is 0.0527. The molecule has 0 aliphatic carbocycles. The van der Waals surface area contributed by atoms with Crippen LogP contribution >= 0.6 is 0 Å². The highest BCUT2D eigenvalue weighted by molar-refractivity contribution is 5.93. The lowest BCUT2D eigenvalue weighted by molar-refractivity contribution is -0.145. The van der Waals surface area contributed by atoms with Crippen molar-refractivity contribution in [2.75, 3.05) is 13.7 Å². The SMILES string of the molecule is CCn1cc(C(=O)NC[C@@H](Cc2ccccc2F)C(=O)OC)cn1. The number of rotatable bonds is 7. The van der Waals surface area contributed by atoms with Gasteiger partial charge in [0.2, 0.25) is 0 Å². The highest BCUT2D eigenvalue weighted by atomic mass is 19.1. The predicted molar refractivity (Wildman–Crippen MR) is 85.8 cm³/mol. The van der Waals surface area contributed by atoms with E-state index < -0.39 is 11.9 Å². The number of esters is 1. The molecule has 1 aromatic carbocycles. The van der Waals surface area contributed by atoms with Gasteiger partial charge in [-0.1, -0.05) is 18.2 Å².